The number of rotatable bonds is 8. The first kappa shape index (κ1) is 28.1. The van der Waals surface area contributed by atoms with Crippen LogP contribution in [0.4, 0.5) is 0 Å². The molecule has 0 spiro atoms. The predicted octanol–water partition coefficient (Wildman–Crippen LogP) is 8.08. The number of hydrogen-bond acceptors (Lipinski definition) is 5. The second-order valence-corrected chi connectivity index (χ2v) is 11.9. The maximum Gasteiger partial charge on any atom is 0.161 e. The molecule has 0 saturated carbocycles. The Morgan fingerprint density at radius 3 is 2.14 bits per heavy atom. The van der Waals surface area contributed by atoms with Gasteiger partial charge in [-0.25, -0.2) is 0 Å². The predicted molar refractivity (Wildman–Crippen MR) is 173 cm³/mol. The zero-order valence-electron chi connectivity index (χ0n) is 25.2. The Morgan fingerprint density at radius 1 is 0.727 bits per heavy atom. The van der Waals surface area contributed by atoms with E-state index in [1.807, 2.05) is 42.5 Å². The average molecular weight is 584 g/mol. The Kier molecular flexibility index (Phi) is 7.78. The molecule has 0 bridgehead atoms. The van der Waals surface area contributed by atoms with Crippen LogP contribution < -0.4 is 9.47 Å². The van der Waals surface area contributed by atoms with Crippen molar-refractivity contribution >= 4 is 22.3 Å². The van der Waals surface area contributed by atoms with Crippen molar-refractivity contribution in [2.45, 2.75) is 57.5 Å². The molecule has 2 aliphatic carbocycles. The molecule has 0 fully saturated rings. The van der Waals surface area contributed by atoms with E-state index in [1.165, 1.54) is 10.9 Å². The van der Waals surface area contributed by atoms with Crippen LogP contribution in [0.25, 0.3) is 10.8 Å². The Labute approximate surface area is 258 Å². The van der Waals surface area contributed by atoms with E-state index in [0.29, 0.717) is 30.9 Å². The van der Waals surface area contributed by atoms with Crippen LogP contribution in [0, 0.1) is 0 Å². The van der Waals surface area contributed by atoms with Gasteiger partial charge in [-0.05, 0) is 71.7 Å². The van der Waals surface area contributed by atoms with E-state index in [9.17, 15) is 9.59 Å². The average Bonchev–Trinajstić information content (AvgIpc) is 3.06. The van der Waals surface area contributed by atoms with Gasteiger partial charge in [0.1, 0.15) is 6.61 Å². The second kappa shape index (κ2) is 12.2. The van der Waals surface area contributed by atoms with Gasteiger partial charge < -0.3 is 14.4 Å². The summed E-state index contributed by atoms with van der Waals surface area (Å²) < 4.78 is 12.2. The van der Waals surface area contributed by atoms with E-state index in [4.69, 9.17) is 9.47 Å². The van der Waals surface area contributed by atoms with Gasteiger partial charge in [-0.15, -0.1) is 0 Å². The van der Waals surface area contributed by atoms with Gasteiger partial charge in [0.2, 0.25) is 0 Å². The van der Waals surface area contributed by atoms with Crippen molar-refractivity contribution in [1.82, 2.24) is 4.90 Å². The van der Waals surface area contributed by atoms with Crippen molar-refractivity contribution in [3.05, 3.63) is 130 Å². The molecular weight excluding hydrogens is 546 g/mol. The van der Waals surface area contributed by atoms with Crippen LogP contribution >= 0.6 is 0 Å². The number of fused-ring (bicyclic) bond motifs is 1. The molecular formula is C39H37NO4. The number of carbonyl (C=O) groups is 2. The number of carbonyl (C=O) groups excluding carboxylic acids is 2. The second-order valence-electron chi connectivity index (χ2n) is 11.9. The molecule has 0 unspecified atom stereocenters. The zero-order valence-corrected chi connectivity index (χ0v) is 25.2. The number of ether oxygens (including phenoxy) is 2. The molecule has 0 atom stereocenters. The van der Waals surface area contributed by atoms with Gasteiger partial charge in [-0.1, -0.05) is 78.9 Å². The van der Waals surface area contributed by atoms with E-state index >= 15 is 0 Å². The Hall–Kier alpha value is -4.64. The molecule has 7 rings (SSSR count). The number of nitrogens with zero attached hydrogens (tertiary/aromatic N) is 1. The topological polar surface area (TPSA) is 55.8 Å². The van der Waals surface area contributed by atoms with Crippen LogP contribution in [-0.2, 0) is 22.6 Å². The Morgan fingerprint density at radius 2 is 1.41 bits per heavy atom. The van der Waals surface area contributed by atoms with E-state index in [-0.39, 0.29) is 17.5 Å². The highest BCUT2D eigenvalue weighted by atomic mass is 16.5. The Balaban J connectivity index is 1.25. The molecule has 0 amide bonds. The zero-order chi connectivity index (χ0) is 30.0. The molecule has 0 aromatic heterocycles. The van der Waals surface area contributed by atoms with Crippen LogP contribution in [0.15, 0.2) is 114 Å². The van der Waals surface area contributed by atoms with Gasteiger partial charge in [-0.3, -0.25) is 9.59 Å². The molecule has 1 heterocycles. The Bertz CT molecular complexity index is 1750. The summed E-state index contributed by atoms with van der Waals surface area (Å²) in [5, 5.41) is 2.34. The number of Topliss-reactive ketones (excluding diaryl/α,β-unsaturated/α-hetero) is 2. The lowest BCUT2D eigenvalue weighted by Gasteiger charge is -2.44. The molecule has 44 heavy (non-hydrogen) atoms. The monoisotopic (exact) mass is 583 g/mol. The molecule has 222 valence electrons. The highest BCUT2D eigenvalue weighted by Crippen LogP contribution is 2.50. The van der Waals surface area contributed by atoms with Crippen molar-refractivity contribution < 1.29 is 19.1 Å². The minimum Gasteiger partial charge on any atom is -0.493 e. The van der Waals surface area contributed by atoms with E-state index in [2.05, 4.69) is 53.4 Å². The fraction of sp³-hybridized carbons (Fsp3) is 0.282. The summed E-state index contributed by atoms with van der Waals surface area (Å²) in [5.74, 6) is 1.17. The van der Waals surface area contributed by atoms with Gasteiger partial charge in [0.25, 0.3) is 0 Å². The van der Waals surface area contributed by atoms with Gasteiger partial charge >= 0.3 is 0 Å². The van der Waals surface area contributed by atoms with Crippen LogP contribution in [0.5, 0.6) is 11.5 Å². The summed E-state index contributed by atoms with van der Waals surface area (Å²) in [7, 11) is 1.64. The summed E-state index contributed by atoms with van der Waals surface area (Å²) >= 11 is 0. The lowest BCUT2D eigenvalue weighted by molar-refractivity contribution is -0.117. The molecule has 5 nitrogen and oxygen atoms in total. The van der Waals surface area contributed by atoms with Gasteiger partial charge in [0.15, 0.2) is 23.1 Å². The summed E-state index contributed by atoms with van der Waals surface area (Å²) in [5.41, 5.74) is 7.06. The standard InChI is InChI=1S/C39H37NO4/c1-43-36-24-28(20-21-35(36)44-25-29-14-7-13-27-12-5-6-15-30(27)29)37-38-31(16-8-18-33(38)41)40(23-22-26-10-3-2-4-11-26)32-17-9-19-34(42)39(32)37/h2-7,10-15,20-21,24,37H,8-9,16-19,22-23,25H2,1H3. The molecule has 0 radical (unpaired) electrons. The summed E-state index contributed by atoms with van der Waals surface area (Å²) in [6, 6.07) is 30.9. The molecule has 5 heteroatoms. The summed E-state index contributed by atoms with van der Waals surface area (Å²) in [4.78, 5) is 29.8. The number of benzene rings is 4. The largest absolute Gasteiger partial charge is 0.493 e. The molecule has 4 aromatic carbocycles. The van der Waals surface area contributed by atoms with Crippen molar-refractivity contribution in [3.8, 4) is 11.5 Å². The molecule has 1 aliphatic heterocycles. The summed E-state index contributed by atoms with van der Waals surface area (Å²) in [6.45, 7) is 1.16. The first-order chi connectivity index (χ1) is 21.6. The third kappa shape index (κ3) is 5.21. The normalized spacial score (nSPS) is 17.2. The SMILES string of the molecule is COc1cc(C2C3=C(CCCC3=O)N(CCc3ccccc3)C3=C2C(=O)CCC3)ccc1OCc1cccc2ccccc12. The van der Waals surface area contributed by atoms with Crippen molar-refractivity contribution in [1.29, 1.82) is 0 Å². The quantitative estimate of drug-likeness (QED) is 0.210. The third-order valence-electron chi connectivity index (χ3n) is 9.34. The number of methoxy groups -OCH3 is 1. The van der Waals surface area contributed by atoms with Crippen molar-refractivity contribution in [2.24, 2.45) is 0 Å². The van der Waals surface area contributed by atoms with Crippen LogP contribution in [0.3, 0.4) is 0 Å². The van der Waals surface area contributed by atoms with Gasteiger partial charge in [0, 0.05) is 47.8 Å². The lowest BCUT2D eigenvalue weighted by atomic mass is 9.71. The maximum absolute atomic E-state index is 13.7. The first-order valence-corrected chi connectivity index (χ1v) is 15.7. The fourth-order valence-corrected chi connectivity index (χ4v) is 7.26. The minimum atomic E-state index is -0.380. The van der Waals surface area contributed by atoms with Crippen LogP contribution in [0.1, 0.15) is 61.1 Å². The fourth-order valence-electron chi connectivity index (χ4n) is 7.26. The first-order valence-electron chi connectivity index (χ1n) is 15.7. The lowest BCUT2D eigenvalue weighted by Crippen LogP contribution is -2.39. The molecule has 0 saturated heterocycles. The van der Waals surface area contributed by atoms with Crippen molar-refractivity contribution in [2.75, 3.05) is 13.7 Å². The molecule has 3 aliphatic rings. The highest BCUT2D eigenvalue weighted by molar-refractivity contribution is 6.06. The van der Waals surface area contributed by atoms with Gasteiger partial charge in [-0.2, -0.15) is 0 Å². The van der Waals surface area contributed by atoms with Gasteiger partial charge in [0.05, 0.1) is 7.11 Å². The molecule has 0 N–H and O–H groups in total. The highest BCUT2D eigenvalue weighted by Gasteiger charge is 2.43. The van der Waals surface area contributed by atoms with E-state index < -0.39 is 0 Å². The summed E-state index contributed by atoms with van der Waals surface area (Å²) in [6.07, 6.45) is 5.27. The number of hydrogen-bond donors (Lipinski definition) is 0. The molecule has 4 aromatic rings. The third-order valence-corrected chi connectivity index (χ3v) is 9.34. The smallest absolute Gasteiger partial charge is 0.161 e. The van der Waals surface area contributed by atoms with Crippen LogP contribution in [0.2, 0.25) is 0 Å². The number of ketones is 2. The minimum absolute atomic E-state index is 0.154. The number of allylic oxidation sites excluding steroid dienone is 4. The van der Waals surface area contributed by atoms with Crippen molar-refractivity contribution in [3.63, 3.8) is 0 Å². The van der Waals surface area contributed by atoms with Crippen LogP contribution in [-0.4, -0.2) is 30.1 Å². The van der Waals surface area contributed by atoms with E-state index in [0.717, 1.165) is 77.7 Å². The maximum atomic E-state index is 13.7. The van der Waals surface area contributed by atoms with E-state index in [1.54, 1.807) is 7.11 Å².